The molecule has 6 heteroatoms. The van der Waals surface area contributed by atoms with Gasteiger partial charge in [0.25, 0.3) is 5.89 Å². The van der Waals surface area contributed by atoms with Crippen molar-refractivity contribution in [2.75, 3.05) is 0 Å². The van der Waals surface area contributed by atoms with Gasteiger partial charge in [-0.25, -0.2) is 0 Å². The summed E-state index contributed by atoms with van der Waals surface area (Å²) in [5, 5.41) is 4.12. The van der Waals surface area contributed by atoms with E-state index in [4.69, 9.17) is 10.3 Å². The molecule has 0 aliphatic heterocycles. The Labute approximate surface area is 126 Å². The van der Waals surface area contributed by atoms with E-state index in [-0.39, 0.29) is 0 Å². The first kappa shape index (κ1) is 13.8. The summed E-state index contributed by atoms with van der Waals surface area (Å²) in [5.74, 6) is 1.17. The van der Waals surface area contributed by atoms with Crippen molar-refractivity contribution in [1.82, 2.24) is 14.7 Å². The van der Waals surface area contributed by atoms with Gasteiger partial charge in [0.15, 0.2) is 5.82 Å². The zero-order chi connectivity index (χ0) is 14.3. The van der Waals surface area contributed by atoms with E-state index in [2.05, 4.69) is 44.5 Å². The van der Waals surface area contributed by atoms with E-state index in [9.17, 15) is 0 Å². The molecule has 20 heavy (non-hydrogen) atoms. The third-order valence-corrected chi connectivity index (χ3v) is 4.39. The van der Waals surface area contributed by atoms with E-state index in [0.717, 1.165) is 35.8 Å². The highest BCUT2D eigenvalue weighted by atomic mass is 79.9. The number of nitrogens with zero attached hydrogens (tertiary/aromatic N) is 3. The van der Waals surface area contributed by atoms with Gasteiger partial charge in [-0.05, 0) is 48.7 Å². The molecule has 0 aromatic carbocycles. The van der Waals surface area contributed by atoms with Gasteiger partial charge in [0.2, 0.25) is 0 Å². The molecule has 0 spiro atoms. The smallest absolute Gasteiger partial charge is 0.274 e. The number of hydrogen-bond acceptors (Lipinski definition) is 4. The van der Waals surface area contributed by atoms with E-state index in [1.54, 1.807) is 0 Å². The molecule has 0 radical (unpaired) electrons. The zero-order valence-corrected chi connectivity index (χ0v) is 13.4. The second kappa shape index (κ2) is 5.00. The van der Waals surface area contributed by atoms with Crippen LogP contribution in [0.2, 0.25) is 0 Å². The van der Waals surface area contributed by atoms with Crippen molar-refractivity contribution < 1.29 is 4.52 Å². The second-order valence-corrected chi connectivity index (χ2v) is 6.75. The lowest BCUT2D eigenvalue weighted by molar-refractivity contribution is 0.371. The first-order valence-electron chi connectivity index (χ1n) is 7.00. The van der Waals surface area contributed by atoms with Crippen LogP contribution in [-0.2, 0) is 5.54 Å². The maximum atomic E-state index is 6.37. The Kier molecular flexibility index (Phi) is 3.46. The molecule has 0 amide bonds. The van der Waals surface area contributed by atoms with Gasteiger partial charge in [-0.2, -0.15) is 4.98 Å². The third-order valence-electron chi connectivity index (χ3n) is 3.96. The molecule has 1 aliphatic rings. The van der Waals surface area contributed by atoms with Gasteiger partial charge in [-0.3, -0.25) is 0 Å². The van der Waals surface area contributed by atoms with Crippen LogP contribution >= 0.6 is 15.9 Å². The monoisotopic (exact) mass is 338 g/mol. The van der Waals surface area contributed by atoms with Crippen LogP contribution < -0.4 is 5.73 Å². The fourth-order valence-corrected chi connectivity index (χ4v) is 3.24. The Morgan fingerprint density at radius 2 is 2.10 bits per heavy atom. The molecular formula is C14H19BrN4O. The molecule has 2 heterocycles. The third kappa shape index (κ3) is 2.31. The first-order chi connectivity index (χ1) is 9.49. The lowest BCUT2D eigenvalue weighted by Gasteiger charge is -2.17. The standard InChI is InChI=1S/C14H19BrN4O/c1-9(2)19-8-10(15)7-11(19)12-17-13(18-20-12)14(16)5-3-4-6-14/h7-9H,3-6,16H2,1-2H3. The Morgan fingerprint density at radius 1 is 1.40 bits per heavy atom. The summed E-state index contributed by atoms with van der Waals surface area (Å²) < 4.78 is 8.56. The van der Waals surface area contributed by atoms with Crippen molar-refractivity contribution in [3.8, 4) is 11.6 Å². The molecule has 0 saturated heterocycles. The molecule has 108 valence electrons. The fourth-order valence-electron chi connectivity index (χ4n) is 2.80. The zero-order valence-electron chi connectivity index (χ0n) is 11.8. The van der Waals surface area contributed by atoms with Gasteiger partial charge < -0.3 is 14.8 Å². The highest BCUT2D eigenvalue weighted by Gasteiger charge is 2.36. The largest absolute Gasteiger partial charge is 0.340 e. The minimum absolute atomic E-state index is 0.324. The van der Waals surface area contributed by atoms with Gasteiger partial charge >= 0.3 is 0 Å². The number of nitrogens with two attached hydrogens (primary N) is 1. The first-order valence-corrected chi connectivity index (χ1v) is 7.80. The van der Waals surface area contributed by atoms with Crippen molar-refractivity contribution in [2.45, 2.75) is 51.1 Å². The van der Waals surface area contributed by atoms with Gasteiger partial charge in [-0.1, -0.05) is 18.0 Å². The summed E-state index contributed by atoms with van der Waals surface area (Å²) >= 11 is 3.50. The van der Waals surface area contributed by atoms with Crippen LogP contribution in [-0.4, -0.2) is 14.7 Å². The van der Waals surface area contributed by atoms with Gasteiger partial charge in [0, 0.05) is 16.7 Å². The Bertz CT molecular complexity index is 610. The summed E-state index contributed by atoms with van der Waals surface area (Å²) in [7, 11) is 0. The highest BCUT2D eigenvalue weighted by Crippen LogP contribution is 2.36. The molecule has 3 rings (SSSR count). The predicted molar refractivity (Wildman–Crippen MR) is 80.1 cm³/mol. The van der Waals surface area contributed by atoms with Crippen molar-refractivity contribution in [2.24, 2.45) is 5.73 Å². The Balaban J connectivity index is 1.98. The lowest BCUT2D eigenvalue weighted by Crippen LogP contribution is -2.34. The average Bonchev–Trinajstić information content (AvgIpc) is 3.06. The molecule has 1 fully saturated rings. The van der Waals surface area contributed by atoms with E-state index < -0.39 is 5.54 Å². The van der Waals surface area contributed by atoms with Crippen molar-refractivity contribution >= 4 is 15.9 Å². The van der Waals surface area contributed by atoms with Crippen molar-refractivity contribution in [3.63, 3.8) is 0 Å². The van der Waals surface area contributed by atoms with Crippen LogP contribution in [0, 0.1) is 0 Å². The summed E-state index contributed by atoms with van der Waals surface area (Å²) in [5.41, 5.74) is 6.89. The van der Waals surface area contributed by atoms with Crippen LogP contribution in [0.15, 0.2) is 21.3 Å². The Hall–Kier alpha value is -1.14. The number of rotatable bonds is 3. The van der Waals surface area contributed by atoms with Crippen molar-refractivity contribution in [1.29, 1.82) is 0 Å². The molecule has 1 aliphatic carbocycles. The van der Waals surface area contributed by atoms with Crippen LogP contribution in [0.3, 0.4) is 0 Å². The van der Waals surface area contributed by atoms with Gasteiger partial charge in [0.05, 0.1) is 5.54 Å². The quantitative estimate of drug-likeness (QED) is 0.927. The topological polar surface area (TPSA) is 69.9 Å². The molecule has 1 saturated carbocycles. The van der Waals surface area contributed by atoms with Crippen molar-refractivity contribution in [3.05, 3.63) is 22.6 Å². The molecule has 2 N–H and O–H groups in total. The van der Waals surface area contributed by atoms with Crippen LogP contribution in [0.5, 0.6) is 0 Å². The minimum Gasteiger partial charge on any atom is -0.340 e. The number of hydrogen-bond donors (Lipinski definition) is 1. The minimum atomic E-state index is -0.408. The normalized spacial score (nSPS) is 18.1. The lowest BCUT2D eigenvalue weighted by atomic mass is 9.99. The van der Waals surface area contributed by atoms with Crippen LogP contribution in [0.1, 0.15) is 51.4 Å². The van der Waals surface area contributed by atoms with Crippen LogP contribution in [0.25, 0.3) is 11.6 Å². The molecule has 0 atom stereocenters. The average molecular weight is 339 g/mol. The summed E-state index contributed by atoms with van der Waals surface area (Å²) in [6.45, 7) is 4.24. The summed E-state index contributed by atoms with van der Waals surface area (Å²) in [6.07, 6.45) is 6.15. The SMILES string of the molecule is CC(C)n1cc(Br)cc1-c1nc(C2(N)CCCC2)no1. The second-order valence-electron chi connectivity index (χ2n) is 5.83. The number of halogens is 1. The molecule has 0 unspecified atom stereocenters. The van der Waals surface area contributed by atoms with Gasteiger partial charge in [0.1, 0.15) is 5.69 Å². The summed E-state index contributed by atoms with van der Waals surface area (Å²) in [4.78, 5) is 4.55. The number of aromatic nitrogens is 3. The van der Waals surface area contributed by atoms with E-state index in [1.165, 1.54) is 0 Å². The molecule has 5 nitrogen and oxygen atoms in total. The molecular weight excluding hydrogens is 320 g/mol. The maximum Gasteiger partial charge on any atom is 0.274 e. The Morgan fingerprint density at radius 3 is 2.75 bits per heavy atom. The maximum absolute atomic E-state index is 6.37. The molecule has 2 aromatic rings. The van der Waals surface area contributed by atoms with Gasteiger partial charge in [-0.15, -0.1) is 0 Å². The predicted octanol–water partition coefficient (Wildman–Crippen LogP) is 3.61. The highest BCUT2D eigenvalue weighted by molar-refractivity contribution is 9.10. The van der Waals surface area contributed by atoms with E-state index >= 15 is 0 Å². The fraction of sp³-hybridized carbons (Fsp3) is 0.571. The summed E-state index contributed by atoms with van der Waals surface area (Å²) in [6, 6.07) is 2.32. The molecule has 0 bridgehead atoms. The molecule has 2 aromatic heterocycles. The van der Waals surface area contributed by atoms with E-state index in [1.807, 2.05) is 12.3 Å². The van der Waals surface area contributed by atoms with Crippen LogP contribution in [0.4, 0.5) is 0 Å². The van der Waals surface area contributed by atoms with E-state index in [0.29, 0.717) is 17.8 Å².